The number of hydrogen-bond donors (Lipinski definition) is 1. The van der Waals surface area contributed by atoms with Crippen LogP contribution in [0, 0.1) is 13.8 Å². The highest BCUT2D eigenvalue weighted by atomic mass is 35.5. The van der Waals surface area contributed by atoms with Gasteiger partial charge in [0.1, 0.15) is 0 Å². The molecule has 3 nitrogen and oxygen atoms in total. The van der Waals surface area contributed by atoms with Gasteiger partial charge in [0, 0.05) is 36.6 Å². The molecule has 1 N–H and O–H groups in total. The average Bonchev–Trinajstić information content (AvgIpc) is 2.75. The fourth-order valence-electron chi connectivity index (χ4n) is 3.08. The first-order valence-corrected chi connectivity index (χ1v) is 7.43. The standard InChI is InChI=1S/C13H21N3S.ClH/c1-9-13(17-10(2)14-9)8-16-6-5-11-3-4-12(7-16)15-11;/h11-12,15H,3-8H2,1-2H3;1H. The Hall–Kier alpha value is -0.160. The topological polar surface area (TPSA) is 28.2 Å². The van der Waals surface area contributed by atoms with E-state index < -0.39 is 0 Å². The Kier molecular flexibility index (Phi) is 4.64. The molecule has 2 aliphatic rings. The van der Waals surface area contributed by atoms with Gasteiger partial charge in [-0.1, -0.05) is 0 Å². The number of likely N-dealkylation sites (tertiary alicyclic amines) is 1. The van der Waals surface area contributed by atoms with Gasteiger partial charge in [0.15, 0.2) is 0 Å². The lowest BCUT2D eigenvalue weighted by molar-refractivity contribution is 0.252. The van der Waals surface area contributed by atoms with Gasteiger partial charge >= 0.3 is 0 Å². The van der Waals surface area contributed by atoms with Gasteiger partial charge in [0.2, 0.25) is 0 Å². The molecule has 18 heavy (non-hydrogen) atoms. The molecule has 0 amide bonds. The molecule has 2 bridgehead atoms. The number of halogens is 1. The highest BCUT2D eigenvalue weighted by molar-refractivity contribution is 7.11. The normalized spacial score (nSPS) is 27.9. The van der Waals surface area contributed by atoms with Crippen LogP contribution >= 0.6 is 23.7 Å². The Morgan fingerprint density at radius 3 is 2.78 bits per heavy atom. The summed E-state index contributed by atoms with van der Waals surface area (Å²) in [5.41, 5.74) is 1.23. The minimum atomic E-state index is 0. The van der Waals surface area contributed by atoms with Crippen LogP contribution in [0.3, 0.4) is 0 Å². The summed E-state index contributed by atoms with van der Waals surface area (Å²) in [6, 6.07) is 1.52. The average molecular weight is 288 g/mol. The number of fused-ring (bicyclic) bond motifs is 2. The maximum Gasteiger partial charge on any atom is 0.0900 e. The van der Waals surface area contributed by atoms with E-state index >= 15 is 0 Å². The summed E-state index contributed by atoms with van der Waals surface area (Å²) in [6.07, 6.45) is 4.06. The van der Waals surface area contributed by atoms with Crippen LogP contribution in [0.4, 0.5) is 0 Å². The molecule has 0 radical (unpaired) electrons. The van der Waals surface area contributed by atoms with E-state index in [-0.39, 0.29) is 12.4 Å². The van der Waals surface area contributed by atoms with Gasteiger partial charge in [0.05, 0.1) is 10.7 Å². The van der Waals surface area contributed by atoms with Crippen LogP contribution in [0.15, 0.2) is 0 Å². The van der Waals surface area contributed by atoms with E-state index in [0.29, 0.717) is 0 Å². The summed E-state index contributed by atoms with van der Waals surface area (Å²) in [6.45, 7) is 7.80. The van der Waals surface area contributed by atoms with Gasteiger partial charge in [-0.05, 0) is 33.1 Å². The predicted molar refractivity (Wildman–Crippen MR) is 78.7 cm³/mol. The molecule has 2 atom stereocenters. The summed E-state index contributed by atoms with van der Waals surface area (Å²) in [4.78, 5) is 8.59. The minimum absolute atomic E-state index is 0. The second kappa shape index (κ2) is 5.87. The monoisotopic (exact) mass is 287 g/mol. The largest absolute Gasteiger partial charge is 0.310 e. The van der Waals surface area contributed by atoms with Gasteiger partial charge in [-0.25, -0.2) is 4.98 Å². The number of rotatable bonds is 2. The van der Waals surface area contributed by atoms with E-state index in [4.69, 9.17) is 0 Å². The summed E-state index contributed by atoms with van der Waals surface area (Å²) >= 11 is 1.86. The van der Waals surface area contributed by atoms with Crippen molar-refractivity contribution in [2.75, 3.05) is 13.1 Å². The van der Waals surface area contributed by atoms with Crippen LogP contribution < -0.4 is 5.32 Å². The molecule has 1 aromatic rings. The lowest BCUT2D eigenvalue weighted by atomic mass is 10.1. The highest BCUT2D eigenvalue weighted by Crippen LogP contribution is 2.24. The molecule has 3 heterocycles. The molecule has 3 rings (SSSR count). The van der Waals surface area contributed by atoms with Crippen molar-refractivity contribution in [3.05, 3.63) is 15.6 Å². The fraction of sp³-hybridized carbons (Fsp3) is 0.769. The maximum absolute atomic E-state index is 4.52. The first-order valence-electron chi connectivity index (χ1n) is 6.62. The number of nitrogens with one attached hydrogen (secondary N) is 1. The molecule has 0 spiro atoms. The Balaban J connectivity index is 0.00000120. The molecule has 2 aliphatic heterocycles. The molecule has 0 aromatic carbocycles. The third-order valence-electron chi connectivity index (χ3n) is 3.97. The van der Waals surface area contributed by atoms with Crippen LogP contribution in [0.25, 0.3) is 0 Å². The Morgan fingerprint density at radius 2 is 2.06 bits per heavy atom. The van der Waals surface area contributed by atoms with Crippen LogP contribution in [0.5, 0.6) is 0 Å². The van der Waals surface area contributed by atoms with Crippen molar-refractivity contribution >= 4 is 23.7 Å². The van der Waals surface area contributed by atoms with Gasteiger partial charge in [-0.2, -0.15) is 0 Å². The molecule has 0 saturated carbocycles. The Labute approximate surface area is 119 Å². The van der Waals surface area contributed by atoms with Gasteiger partial charge < -0.3 is 5.32 Å². The molecule has 2 fully saturated rings. The Morgan fingerprint density at radius 1 is 1.28 bits per heavy atom. The van der Waals surface area contributed by atoms with Crippen molar-refractivity contribution in [3.8, 4) is 0 Å². The lowest BCUT2D eigenvalue weighted by Crippen LogP contribution is -2.34. The van der Waals surface area contributed by atoms with Crippen molar-refractivity contribution in [2.45, 2.75) is 51.7 Å². The van der Waals surface area contributed by atoms with Crippen molar-refractivity contribution < 1.29 is 0 Å². The molecule has 5 heteroatoms. The number of nitrogens with zero attached hydrogens (tertiary/aromatic N) is 2. The summed E-state index contributed by atoms with van der Waals surface area (Å²) in [5.74, 6) is 0. The van der Waals surface area contributed by atoms with Crippen molar-refractivity contribution in [3.63, 3.8) is 0 Å². The second-order valence-electron chi connectivity index (χ2n) is 5.40. The van der Waals surface area contributed by atoms with Crippen LogP contribution in [0.1, 0.15) is 34.8 Å². The number of aryl methyl sites for hydroxylation is 2. The van der Waals surface area contributed by atoms with E-state index in [9.17, 15) is 0 Å². The molecule has 102 valence electrons. The van der Waals surface area contributed by atoms with Crippen LogP contribution in [-0.2, 0) is 6.54 Å². The number of aromatic nitrogens is 1. The Bertz CT molecular complexity index is 407. The first kappa shape index (κ1) is 14.3. The van der Waals surface area contributed by atoms with E-state index in [1.807, 2.05) is 11.3 Å². The highest BCUT2D eigenvalue weighted by Gasteiger charge is 2.29. The molecular weight excluding hydrogens is 266 g/mol. The molecule has 2 unspecified atom stereocenters. The van der Waals surface area contributed by atoms with Crippen molar-refractivity contribution in [1.29, 1.82) is 0 Å². The van der Waals surface area contributed by atoms with Crippen molar-refractivity contribution in [1.82, 2.24) is 15.2 Å². The molecule has 2 saturated heterocycles. The van der Waals surface area contributed by atoms with Gasteiger partial charge in [-0.15, -0.1) is 23.7 Å². The first-order chi connectivity index (χ1) is 8.20. The zero-order chi connectivity index (χ0) is 11.8. The van der Waals surface area contributed by atoms with E-state index in [1.54, 1.807) is 0 Å². The SMILES string of the molecule is Cc1nc(C)c(CN2CCC3CCC(C2)N3)s1.Cl. The number of hydrogen-bond acceptors (Lipinski definition) is 4. The summed E-state index contributed by atoms with van der Waals surface area (Å²) in [5, 5.41) is 4.94. The smallest absolute Gasteiger partial charge is 0.0900 e. The summed E-state index contributed by atoms with van der Waals surface area (Å²) < 4.78 is 0. The second-order valence-corrected chi connectivity index (χ2v) is 6.69. The third kappa shape index (κ3) is 3.05. The van der Waals surface area contributed by atoms with Crippen LogP contribution in [0.2, 0.25) is 0 Å². The minimum Gasteiger partial charge on any atom is -0.310 e. The van der Waals surface area contributed by atoms with Crippen molar-refractivity contribution in [2.24, 2.45) is 0 Å². The zero-order valence-corrected chi connectivity index (χ0v) is 12.7. The molecular formula is C13H22ClN3S. The van der Waals surface area contributed by atoms with Gasteiger partial charge in [-0.3, -0.25) is 4.90 Å². The zero-order valence-electron chi connectivity index (χ0n) is 11.1. The third-order valence-corrected chi connectivity index (χ3v) is 5.03. The molecule has 1 aromatic heterocycles. The maximum atomic E-state index is 4.52. The fourth-order valence-corrected chi connectivity index (χ4v) is 4.06. The van der Waals surface area contributed by atoms with E-state index in [0.717, 1.165) is 18.6 Å². The number of thiazole rings is 1. The van der Waals surface area contributed by atoms with E-state index in [1.165, 1.54) is 47.9 Å². The lowest BCUT2D eigenvalue weighted by Gasteiger charge is -2.23. The van der Waals surface area contributed by atoms with E-state index in [2.05, 4.69) is 29.0 Å². The van der Waals surface area contributed by atoms with Gasteiger partial charge in [0.25, 0.3) is 0 Å². The molecule has 0 aliphatic carbocycles. The quantitative estimate of drug-likeness (QED) is 0.906. The summed E-state index contributed by atoms with van der Waals surface area (Å²) in [7, 11) is 0. The van der Waals surface area contributed by atoms with Crippen LogP contribution in [-0.4, -0.2) is 35.1 Å². The predicted octanol–water partition coefficient (Wildman–Crippen LogP) is 2.51.